The summed E-state index contributed by atoms with van der Waals surface area (Å²) in [5, 5.41) is 9.58. The zero-order valence-corrected chi connectivity index (χ0v) is 19.5. The number of nitrogens with one attached hydrogen (secondary N) is 1. The number of anilines is 3. The smallest absolute Gasteiger partial charge is 0.399 e. The number of nitrogens with zero attached hydrogens (tertiary/aromatic N) is 7. The Morgan fingerprint density at radius 1 is 1.14 bits per heavy atom. The van der Waals surface area contributed by atoms with Gasteiger partial charge in [-0.05, 0) is 12.1 Å². The highest BCUT2D eigenvalue weighted by atomic mass is 32.1. The quantitative estimate of drug-likeness (QED) is 0.395. The van der Waals surface area contributed by atoms with Gasteiger partial charge in [0, 0.05) is 43.2 Å². The lowest BCUT2D eigenvalue weighted by Crippen LogP contribution is -2.49. The summed E-state index contributed by atoms with van der Waals surface area (Å²) in [6.07, 6.45) is -0.440. The number of carbonyl (C=O) groups is 1. The summed E-state index contributed by atoms with van der Waals surface area (Å²) in [4.78, 5) is 27.6. The van der Waals surface area contributed by atoms with E-state index in [0.29, 0.717) is 59.9 Å². The Hall–Kier alpha value is -3.98. The molecule has 5 rings (SSSR count). The third-order valence-corrected chi connectivity index (χ3v) is 6.29. The molecule has 0 bridgehead atoms. The van der Waals surface area contributed by atoms with Gasteiger partial charge < -0.3 is 20.7 Å². The summed E-state index contributed by atoms with van der Waals surface area (Å²) in [6.45, 7) is 0.683. The average molecular weight is 520 g/mol. The van der Waals surface area contributed by atoms with Gasteiger partial charge in [0.05, 0.1) is 30.3 Å². The summed E-state index contributed by atoms with van der Waals surface area (Å²) in [5.41, 5.74) is 7.57. The number of primary amides is 1. The molecule has 11 nitrogen and oxygen atoms in total. The molecule has 4 aromatic rings. The maximum absolute atomic E-state index is 12.6. The maximum Gasteiger partial charge on any atom is 0.410 e. The van der Waals surface area contributed by atoms with Gasteiger partial charge in [-0.3, -0.25) is 4.90 Å². The molecule has 0 aliphatic carbocycles. The molecule has 4 aromatic heterocycles. The van der Waals surface area contributed by atoms with E-state index in [0.717, 1.165) is 5.56 Å². The van der Waals surface area contributed by atoms with Gasteiger partial charge in [-0.2, -0.15) is 18.3 Å². The van der Waals surface area contributed by atoms with Crippen molar-refractivity contribution in [3.05, 3.63) is 42.3 Å². The first kappa shape index (κ1) is 23.7. The molecule has 1 saturated heterocycles. The molecule has 1 fully saturated rings. The molecule has 0 radical (unpaired) electrons. The Morgan fingerprint density at radius 2 is 1.94 bits per heavy atom. The number of alkyl halides is 3. The summed E-state index contributed by atoms with van der Waals surface area (Å²) in [6, 6.07) is 5.29. The van der Waals surface area contributed by atoms with Crippen LogP contribution >= 0.6 is 11.3 Å². The normalized spacial score (nSPS) is 14.8. The highest BCUT2D eigenvalue weighted by molar-refractivity contribution is 7.12. The number of rotatable bonds is 6. The molecule has 3 N–H and O–H groups in total. The molecule has 0 spiro atoms. The average Bonchev–Trinajstić information content (AvgIpc) is 3.49. The van der Waals surface area contributed by atoms with Crippen LogP contribution in [0.4, 0.5) is 35.3 Å². The van der Waals surface area contributed by atoms with Gasteiger partial charge in [0.2, 0.25) is 0 Å². The van der Waals surface area contributed by atoms with Crippen molar-refractivity contribution in [2.75, 3.05) is 42.9 Å². The molecular formula is C21H20F3N9O2S. The van der Waals surface area contributed by atoms with Crippen LogP contribution < -0.4 is 20.7 Å². The molecule has 36 heavy (non-hydrogen) atoms. The molecule has 188 valence electrons. The number of pyridine rings is 1. The Morgan fingerprint density at radius 3 is 2.64 bits per heavy atom. The third kappa shape index (κ3) is 5.31. The minimum atomic E-state index is -4.19. The predicted octanol–water partition coefficient (Wildman–Crippen LogP) is 3.13. The van der Waals surface area contributed by atoms with Gasteiger partial charge in [-0.15, -0.1) is 11.3 Å². The van der Waals surface area contributed by atoms with Gasteiger partial charge in [0.25, 0.3) is 0 Å². The number of carbonyl (C=O) groups excluding carboxylic acids is 1. The van der Waals surface area contributed by atoms with Gasteiger partial charge >= 0.3 is 12.3 Å². The van der Waals surface area contributed by atoms with E-state index in [-0.39, 0.29) is 0 Å². The van der Waals surface area contributed by atoms with E-state index in [4.69, 9.17) is 10.5 Å². The molecule has 1 aliphatic heterocycles. The van der Waals surface area contributed by atoms with Crippen LogP contribution in [-0.2, 0) is 0 Å². The maximum atomic E-state index is 12.6. The molecule has 0 unspecified atom stereocenters. The van der Waals surface area contributed by atoms with Crippen LogP contribution in [0.3, 0.4) is 0 Å². The van der Waals surface area contributed by atoms with E-state index in [1.807, 2.05) is 17.0 Å². The molecule has 1 amide bonds. The second-order valence-corrected chi connectivity index (χ2v) is 8.85. The van der Waals surface area contributed by atoms with Crippen molar-refractivity contribution in [3.8, 4) is 16.3 Å². The van der Waals surface area contributed by atoms with E-state index < -0.39 is 18.8 Å². The summed E-state index contributed by atoms with van der Waals surface area (Å²) in [7, 11) is 0. The summed E-state index contributed by atoms with van der Waals surface area (Å²) >= 11 is 1.21. The lowest BCUT2D eigenvalue weighted by atomic mass is 10.2. The molecule has 0 atom stereocenters. The molecule has 15 heteroatoms. The summed E-state index contributed by atoms with van der Waals surface area (Å²) < 4.78 is 44.3. The second kappa shape index (κ2) is 9.58. The van der Waals surface area contributed by atoms with Crippen molar-refractivity contribution in [2.45, 2.75) is 6.18 Å². The van der Waals surface area contributed by atoms with E-state index >= 15 is 0 Å². The van der Waals surface area contributed by atoms with E-state index in [2.05, 4.69) is 25.4 Å². The number of hydrogen-bond donors (Lipinski definition) is 2. The number of nitrogens with two attached hydrogens (primary N) is 1. The van der Waals surface area contributed by atoms with Crippen molar-refractivity contribution in [1.29, 1.82) is 0 Å². The fourth-order valence-corrected chi connectivity index (χ4v) is 4.64. The lowest BCUT2D eigenvalue weighted by molar-refractivity contribution is -0.146. The fraction of sp³-hybridized carbons (Fsp3) is 0.286. The molecular weight excluding hydrogens is 499 g/mol. The number of hydrogen-bond acceptors (Lipinski definition) is 10. The van der Waals surface area contributed by atoms with Crippen LogP contribution in [-0.4, -0.2) is 74.5 Å². The van der Waals surface area contributed by atoms with Crippen LogP contribution in [0, 0.1) is 0 Å². The van der Waals surface area contributed by atoms with Crippen LogP contribution in [0.2, 0.25) is 0 Å². The topological polar surface area (TPSA) is 127 Å². The minimum Gasteiger partial charge on any atom is -0.399 e. The lowest BCUT2D eigenvalue weighted by Gasteiger charge is -2.35. The van der Waals surface area contributed by atoms with Crippen LogP contribution in [0.1, 0.15) is 0 Å². The fourth-order valence-electron chi connectivity index (χ4n) is 3.88. The SMILES string of the molecule is NC(=O)Oc1cc(-c2cnc(Nc3ccc(N4CCN(CC(F)(F)F)CC4)nc3)c3ncnn23)cs1. The highest BCUT2D eigenvalue weighted by Crippen LogP contribution is 2.32. The van der Waals surface area contributed by atoms with E-state index in [1.165, 1.54) is 22.6 Å². The van der Waals surface area contributed by atoms with Crippen molar-refractivity contribution in [3.63, 3.8) is 0 Å². The number of amides is 1. The van der Waals surface area contributed by atoms with Gasteiger partial charge in [-0.25, -0.2) is 24.3 Å². The number of aromatic nitrogens is 5. The predicted molar refractivity (Wildman–Crippen MR) is 127 cm³/mol. The largest absolute Gasteiger partial charge is 0.410 e. The number of thiophene rings is 1. The first-order valence-corrected chi connectivity index (χ1v) is 11.7. The molecule has 1 aliphatic rings. The van der Waals surface area contributed by atoms with Crippen LogP contribution in [0.5, 0.6) is 5.06 Å². The van der Waals surface area contributed by atoms with Gasteiger partial charge in [0.15, 0.2) is 16.5 Å². The minimum absolute atomic E-state index is 0.322. The van der Waals surface area contributed by atoms with Crippen molar-refractivity contribution < 1.29 is 22.7 Å². The van der Waals surface area contributed by atoms with Gasteiger partial charge in [-0.1, -0.05) is 0 Å². The number of piperazine rings is 1. The summed E-state index contributed by atoms with van der Waals surface area (Å²) in [5.74, 6) is 1.14. The Balaban J connectivity index is 1.28. The molecule has 5 heterocycles. The standard InChI is InChI=1S/C21H20F3N9O2S/c22-21(23,24)11-31-3-5-32(6-4-31)16-2-1-14(8-26-16)30-18-19-28-12-29-33(19)15(9-27-18)13-7-17(36-10-13)35-20(25)34/h1-2,7-10,12H,3-6,11H2,(H2,25,34)(H,27,30). The number of halogens is 3. The highest BCUT2D eigenvalue weighted by Gasteiger charge is 2.32. The van der Waals surface area contributed by atoms with Crippen LogP contribution in [0.15, 0.2) is 42.3 Å². The third-order valence-electron chi connectivity index (χ3n) is 5.49. The van der Waals surface area contributed by atoms with E-state index in [1.54, 1.807) is 28.4 Å². The van der Waals surface area contributed by atoms with Crippen molar-refractivity contribution in [1.82, 2.24) is 29.5 Å². The number of fused-ring (bicyclic) bond motifs is 1. The van der Waals surface area contributed by atoms with Gasteiger partial charge in [0.1, 0.15) is 12.1 Å². The monoisotopic (exact) mass is 519 g/mol. The van der Waals surface area contributed by atoms with Crippen molar-refractivity contribution >= 4 is 40.4 Å². The van der Waals surface area contributed by atoms with Crippen LogP contribution in [0.25, 0.3) is 16.9 Å². The first-order chi connectivity index (χ1) is 17.2. The zero-order chi connectivity index (χ0) is 25.3. The Kier molecular flexibility index (Phi) is 6.32. The molecule has 0 saturated carbocycles. The molecule has 0 aromatic carbocycles. The zero-order valence-electron chi connectivity index (χ0n) is 18.6. The first-order valence-electron chi connectivity index (χ1n) is 10.8. The Labute approximate surface area is 206 Å². The Bertz CT molecular complexity index is 1370. The van der Waals surface area contributed by atoms with Crippen molar-refractivity contribution in [2.24, 2.45) is 5.73 Å². The van der Waals surface area contributed by atoms with E-state index in [9.17, 15) is 18.0 Å². The second-order valence-electron chi connectivity index (χ2n) is 7.97. The number of ether oxygens (including phenoxy) is 1.